The van der Waals surface area contributed by atoms with Crippen LogP contribution >= 0.6 is 22.9 Å². The number of anilines is 1. The van der Waals surface area contributed by atoms with Gasteiger partial charge in [-0.1, -0.05) is 22.9 Å². The number of nitrogens with two attached hydrogens (primary N) is 1. The summed E-state index contributed by atoms with van der Waals surface area (Å²) in [7, 11) is 0. The van der Waals surface area contributed by atoms with Crippen molar-refractivity contribution in [2.24, 2.45) is 0 Å². The molecule has 0 bridgehead atoms. The Bertz CT molecular complexity index is 557. The molecule has 2 aromatic rings. The molecular weight excluding hydrogens is 252 g/mol. The molecular formula is C8H5ClN4O2S. The Morgan fingerprint density at radius 3 is 2.69 bits per heavy atom. The lowest BCUT2D eigenvalue weighted by Gasteiger charge is -1.97. The maximum atomic E-state index is 10.5. The van der Waals surface area contributed by atoms with Crippen molar-refractivity contribution in [3.8, 4) is 10.6 Å². The molecule has 0 aliphatic heterocycles. The molecule has 0 saturated carbocycles. The summed E-state index contributed by atoms with van der Waals surface area (Å²) in [5.74, 6) is 0. The first-order chi connectivity index (χ1) is 7.58. The van der Waals surface area contributed by atoms with Gasteiger partial charge in [0, 0.05) is 11.6 Å². The number of halogens is 1. The SMILES string of the molecule is Nc1nnc(-c2ccc([N+](=O)[O-])c(Cl)c2)s1. The van der Waals surface area contributed by atoms with Gasteiger partial charge in [0.25, 0.3) is 5.69 Å². The Morgan fingerprint density at radius 2 is 2.19 bits per heavy atom. The van der Waals surface area contributed by atoms with Gasteiger partial charge < -0.3 is 5.73 Å². The van der Waals surface area contributed by atoms with E-state index >= 15 is 0 Å². The molecule has 1 aromatic carbocycles. The minimum Gasteiger partial charge on any atom is -0.374 e. The zero-order valence-electron chi connectivity index (χ0n) is 7.75. The highest BCUT2D eigenvalue weighted by molar-refractivity contribution is 7.18. The Morgan fingerprint density at radius 1 is 1.44 bits per heavy atom. The van der Waals surface area contributed by atoms with Crippen LogP contribution in [-0.4, -0.2) is 15.1 Å². The maximum Gasteiger partial charge on any atom is 0.287 e. The van der Waals surface area contributed by atoms with E-state index in [1.165, 1.54) is 23.5 Å². The third-order valence-corrected chi connectivity index (χ3v) is 2.94. The number of nitro groups is 1. The molecule has 0 aliphatic rings. The predicted octanol–water partition coefficient (Wildman–Crippen LogP) is 2.35. The van der Waals surface area contributed by atoms with E-state index in [1.807, 2.05) is 0 Å². The lowest BCUT2D eigenvalue weighted by molar-refractivity contribution is -0.384. The van der Waals surface area contributed by atoms with E-state index in [1.54, 1.807) is 6.07 Å². The summed E-state index contributed by atoms with van der Waals surface area (Å²) >= 11 is 6.96. The molecule has 0 spiro atoms. The third-order valence-electron chi connectivity index (χ3n) is 1.83. The second kappa shape index (κ2) is 4.03. The number of aromatic nitrogens is 2. The third kappa shape index (κ3) is 1.95. The van der Waals surface area contributed by atoms with E-state index in [-0.39, 0.29) is 10.7 Å². The number of rotatable bonds is 2. The molecule has 6 nitrogen and oxygen atoms in total. The molecule has 0 fully saturated rings. The van der Waals surface area contributed by atoms with Gasteiger partial charge in [-0.15, -0.1) is 10.2 Å². The van der Waals surface area contributed by atoms with Crippen molar-refractivity contribution in [1.29, 1.82) is 0 Å². The molecule has 1 heterocycles. The van der Waals surface area contributed by atoms with E-state index in [9.17, 15) is 10.1 Å². The molecule has 0 amide bonds. The summed E-state index contributed by atoms with van der Waals surface area (Å²) in [6, 6.07) is 4.36. The molecule has 0 aliphatic carbocycles. The Hall–Kier alpha value is -1.73. The fraction of sp³-hybridized carbons (Fsp3) is 0. The first-order valence-electron chi connectivity index (χ1n) is 4.11. The predicted molar refractivity (Wildman–Crippen MR) is 61.4 cm³/mol. The van der Waals surface area contributed by atoms with Gasteiger partial charge >= 0.3 is 0 Å². The number of hydrogen-bond donors (Lipinski definition) is 1. The molecule has 82 valence electrons. The minimum absolute atomic E-state index is 0.0660. The highest BCUT2D eigenvalue weighted by Gasteiger charge is 2.14. The first kappa shape index (κ1) is 10.8. The zero-order chi connectivity index (χ0) is 11.7. The second-order valence-corrected chi connectivity index (χ2v) is 4.29. The normalized spacial score (nSPS) is 10.3. The molecule has 2 rings (SSSR count). The summed E-state index contributed by atoms with van der Waals surface area (Å²) in [6.45, 7) is 0. The van der Waals surface area contributed by atoms with Crippen LogP contribution in [0, 0.1) is 10.1 Å². The van der Waals surface area contributed by atoms with E-state index < -0.39 is 4.92 Å². The standard InChI is InChI=1S/C8H5ClN4O2S/c9-5-3-4(1-2-6(5)13(14)15)7-11-12-8(10)16-7/h1-3H,(H2,10,12). The van der Waals surface area contributed by atoms with E-state index in [0.29, 0.717) is 15.7 Å². The Labute approximate surface area is 98.8 Å². The van der Waals surface area contributed by atoms with Gasteiger partial charge in [-0.3, -0.25) is 10.1 Å². The van der Waals surface area contributed by atoms with Crippen LogP contribution in [0.4, 0.5) is 10.8 Å². The van der Waals surface area contributed by atoms with Gasteiger partial charge in [0.05, 0.1) is 4.92 Å². The highest BCUT2D eigenvalue weighted by atomic mass is 35.5. The fourth-order valence-corrected chi connectivity index (χ4v) is 1.99. The quantitative estimate of drug-likeness (QED) is 0.657. The van der Waals surface area contributed by atoms with Crippen LogP contribution in [0.5, 0.6) is 0 Å². The molecule has 0 saturated heterocycles. The number of nitrogen functional groups attached to an aromatic ring is 1. The van der Waals surface area contributed by atoms with Crippen molar-refractivity contribution in [3.05, 3.63) is 33.3 Å². The van der Waals surface area contributed by atoms with Gasteiger partial charge in [0.1, 0.15) is 10.0 Å². The molecule has 0 radical (unpaired) electrons. The molecule has 1 aromatic heterocycles. The maximum absolute atomic E-state index is 10.5. The molecule has 0 atom stereocenters. The summed E-state index contributed by atoms with van der Waals surface area (Å²) in [5.41, 5.74) is 5.96. The van der Waals surface area contributed by atoms with Gasteiger partial charge in [0.15, 0.2) is 0 Å². The van der Waals surface area contributed by atoms with Crippen LogP contribution in [0.2, 0.25) is 5.02 Å². The van der Waals surface area contributed by atoms with Crippen molar-refractivity contribution in [3.63, 3.8) is 0 Å². The van der Waals surface area contributed by atoms with Crippen LogP contribution in [0.25, 0.3) is 10.6 Å². The second-order valence-electron chi connectivity index (χ2n) is 2.87. The number of hydrogen-bond acceptors (Lipinski definition) is 6. The summed E-state index contributed by atoms with van der Waals surface area (Å²) < 4.78 is 0. The number of nitrogens with zero attached hydrogens (tertiary/aromatic N) is 3. The number of benzene rings is 1. The largest absolute Gasteiger partial charge is 0.374 e. The lowest BCUT2D eigenvalue weighted by atomic mass is 10.2. The van der Waals surface area contributed by atoms with Crippen LogP contribution < -0.4 is 5.73 Å². The molecule has 8 heteroatoms. The van der Waals surface area contributed by atoms with Crippen LogP contribution in [0.1, 0.15) is 0 Å². The van der Waals surface area contributed by atoms with Crippen molar-refractivity contribution in [1.82, 2.24) is 10.2 Å². The average molecular weight is 257 g/mol. The van der Waals surface area contributed by atoms with E-state index in [0.717, 1.165) is 0 Å². The van der Waals surface area contributed by atoms with Crippen molar-refractivity contribution < 1.29 is 4.92 Å². The van der Waals surface area contributed by atoms with E-state index in [4.69, 9.17) is 17.3 Å². The zero-order valence-corrected chi connectivity index (χ0v) is 9.33. The van der Waals surface area contributed by atoms with Crippen LogP contribution in [0.15, 0.2) is 18.2 Å². The van der Waals surface area contributed by atoms with E-state index in [2.05, 4.69) is 10.2 Å². The summed E-state index contributed by atoms with van der Waals surface area (Å²) in [4.78, 5) is 10.0. The van der Waals surface area contributed by atoms with Crippen LogP contribution in [0.3, 0.4) is 0 Å². The van der Waals surface area contributed by atoms with Crippen molar-refractivity contribution >= 4 is 33.8 Å². The highest BCUT2D eigenvalue weighted by Crippen LogP contribution is 2.31. The van der Waals surface area contributed by atoms with Gasteiger partial charge in [-0.05, 0) is 12.1 Å². The van der Waals surface area contributed by atoms with Crippen molar-refractivity contribution in [2.45, 2.75) is 0 Å². The van der Waals surface area contributed by atoms with Gasteiger partial charge in [-0.2, -0.15) is 0 Å². The first-order valence-corrected chi connectivity index (χ1v) is 5.30. The Balaban J connectivity index is 2.45. The molecule has 2 N–H and O–H groups in total. The van der Waals surface area contributed by atoms with Gasteiger partial charge in [-0.25, -0.2) is 0 Å². The number of nitro benzene ring substituents is 1. The lowest BCUT2D eigenvalue weighted by Crippen LogP contribution is -1.89. The molecule has 0 unspecified atom stereocenters. The Kier molecular flexibility index (Phi) is 2.71. The fourth-order valence-electron chi connectivity index (χ4n) is 1.14. The van der Waals surface area contributed by atoms with Crippen molar-refractivity contribution in [2.75, 3.05) is 5.73 Å². The van der Waals surface area contributed by atoms with Crippen LogP contribution in [-0.2, 0) is 0 Å². The molecule has 16 heavy (non-hydrogen) atoms. The minimum atomic E-state index is -0.541. The topological polar surface area (TPSA) is 94.9 Å². The summed E-state index contributed by atoms with van der Waals surface area (Å²) in [6.07, 6.45) is 0. The smallest absolute Gasteiger partial charge is 0.287 e. The monoisotopic (exact) mass is 256 g/mol. The summed E-state index contributed by atoms with van der Waals surface area (Å²) in [5, 5.41) is 19.0. The van der Waals surface area contributed by atoms with Gasteiger partial charge in [0.2, 0.25) is 5.13 Å². The average Bonchev–Trinajstić information content (AvgIpc) is 2.64.